The summed E-state index contributed by atoms with van der Waals surface area (Å²) in [6.45, 7) is 1.73. The minimum Gasteiger partial charge on any atom is -0.504 e. The number of hydrazone groups is 1. The molecule has 0 radical (unpaired) electrons. The number of rotatable bonds is 8. The average molecular weight is 377 g/mol. The summed E-state index contributed by atoms with van der Waals surface area (Å²) in [5.41, 5.74) is 2.82. The Balaban J connectivity index is 1.89. The Morgan fingerprint density at radius 1 is 1.23 bits per heavy atom. The van der Waals surface area contributed by atoms with E-state index in [9.17, 15) is 18.3 Å². The van der Waals surface area contributed by atoms with Crippen molar-refractivity contribution in [1.29, 1.82) is 0 Å². The van der Waals surface area contributed by atoms with Crippen LogP contribution in [0.3, 0.4) is 0 Å². The quantitative estimate of drug-likeness (QED) is 0.472. The Morgan fingerprint density at radius 3 is 2.65 bits per heavy atom. The molecule has 0 saturated carbocycles. The SMILES string of the molecule is CCOc1cc(C=NNC(=O)CNS(=O)(=O)c2ccccc2)ccc1O. The third-order valence-electron chi connectivity index (χ3n) is 3.16. The summed E-state index contributed by atoms with van der Waals surface area (Å²) in [6.07, 6.45) is 1.35. The van der Waals surface area contributed by atoms with Crippen molar-refractivity contribution in [2.75, 3.05) is 13.2 Å². The molecule has 0 saturated heterocycles. The van der Waals surface area contributed by atoms with E-state index in [2.05, 4.69) is 15.2 Å². The molecule has 138 valence electrons. The smallest absolute Gasteiger partial charge is 0.255 e. The van der Waals surface area contributed by atoms with Crippen molar-refractivity contribution in [3.63, 3.8) is 0 Å². The van der Waals surface area contributed by atoms with Gasteiger partial charge in [-0.1, -0.05) is 18.2 Å². The number of carbonyl (C=O) groups excluding carboxylic acids is 1. The topological polar surface area (TPSA) is 117 Å². The van der Waals surface area contributed by atoms with Crippen LogP contribution in [-0.2, 0) is 14.8 Å². The van der Waals surface area contributed by atoms with E-state index in [1.807, 2.05) is 0 Å². The normalized spacial score (nSPS) is 11.4. The number of aromatic hydroxyl groups is 1. The van der Waals surface area contributed by atoms with E-state index in [1.165, 1.54) is 24.4 Å². The molecule has 2 aromatic carbocycles. The number of phenols is 1. The van der Waals surface area contributed by atoms with E-state index < -0.39 is 22.5 Å². The van der Waals surface area contributed by atoms with Crippen LogP contribution in [0.1, 0.15) is 12.5 Å². The van der Waals surface area contributed by atoms with Gasteiger partial charge in [0.2, 0.25) is 10.0 Å². The van der Waals surface area contributed by atoms with Crippen LogP contribution in [0.2, 0.25) is 0 Å². The highest BCUT2D eigenvalue weighted by Crippen LogP contribution is 2.26. The van der Waals surface area contributed by atoms with E-state index in [1.54, 1.807) is 37.3 Å². The summed E-state index contributed by atoms with van der Waals surface area (Å²) in [5, 5.41) is 13.4. The summed E-state index contributed by atoms with van der Waals surface area (Å²) in [4.78, 5) is 11.8. The fraction of sp³-hybridized carbons (Fsp3) is 0.176. The molecular weight excluding hydrogens is 358 g/mol. The van der Waals surface area contributed by atoms with E-state index in [4.69, 9.17) is 4.74 Å². The number of carbonyl (C=O) groups is 1. The fourth-order valence-electron chi connectivity index (χ4n) is 1.94. The molecule has 8 nitrogen and oxygen atoms in total. The number of amides is 1. The monoisotopic (exact) mass is 377 g/mol. The number of nitrogens with zero attached hydrogens (tertiary/aromatic N) is 1. The first-order chi connectivity index (χ1) is 12.4. The minimum atomic E-state index is -3.76. The van der Waals surface area contributed by atoms with Gasteiger partial charge in [0.25, 0.3) is 5.91 Å². The molecule has 0 aromatic heterocycles. The van der Waals surface area contributed by atoms with Crippen molar-refractivity contribution < 1.29 is 23.1 Å². The molecule has 0 aliphatic heterocycles. The van der Waals surface area contributed by atoms with Crippen LogP contribution >= 0.6 is 0 Å². The second-order valence-corrected chi connectivity index (χ2v) is 6.86. The Bertz CT molecular complexity index is 883. The van der Waals surface area contributed by atoms with Gasteiger partial charge in [0.15, 0.2) is 11.5 Å². The number of hydrogen-bond acceptors (Lipinski definition) is 6. The number of benzene rings is 2. The zero-order valence-corrected chi connectivity index (χ0v) is 14.9. The van der Waals surface area contributed by atoms with Crippen molar-refractivity contribution in [3.05, 3.63) is 54.1 Å². The summed E-state index contributed by atoms with van der Waals surface area (Å²) in [6, 6.07) is 12.3. The first-order valence-electron chi connectivity index (χ1n) is 7.75. The van der Waals surface area contributed by atoms with Gasteiger partial charge in [-0.3, -0.25) is 4.79 Å². The summed E-state index contributed by atoms with van der Waals surface area (Å²) < 4.78 is 31.4. The second kappa shape index (κ2) is 8.97. The lowest BCUT2D eigenvalue weighted by atomic mass is 10.2. The fourth-order valence-corrected chi connectivity index (χ4v) is 2.95. The highest BCUT2D eigenvalue weighted by atomic mass is 32.2. The molecule has 0 heterocycles. The summed E-state index contributed by atoms with van der Waals surface area (Å²) >= 11 is 0. The Morgan fingerprint density at radius 2 is 1.96 bits per heavy atom. The third-order valence-corrected chi connectivity index (χ3v) is 4.58. The third kappa shape index (κ3) is 5.57. The molecule has 0 bridgehead atoms. The highest BCUT2D eigenvalue weighted by Gasteiger charge is 2.14. The average Bonchev–Trinajstić information content (AvgIpc) is 2.64. The van der Waals surface area contributed by atoms with Gasteiger partial charge >= 0.3 is 0 Å². The molecule has 0 unspecified atom stereocenters. The maximum atomic E-state index is 12.0. The largest absolute Gasteiger partial charge is 0.504 e. The Hall–Kier alpha value is -2.91. The first-order valence-corrected chi connectivity index (χ1v) is 9.23. The van der Waals surface area contributed by atoms with E-state index in [0.29, 0.717) is 17.9 Å². The van der Waals surface area contributed by atoms with Gasteiger partial charge in [-0.05, 0) is 42.8 Å². The lowest BCUT2D eigenvalue weighted by Crippen LogP contribution is -2.34. The lowest BCUT2D eigenvalue weighted by Gasteiger charge is -2.06. The van der Waals surface area contributed by atoms with E-state index in [-0.39, 0.29) is 10.6 Å². The van der Waals surface area contributed by atoms with Crippen LogP contribution in [0, 0.1) is 0 Å². The molecule has 0 atom stereocenters. The van der Waals surface area contributed by atoms with Crippen molar-refractivity contribution in [2.45, 2.75) is 11.8 Å². The standard InChI is InChI=1S/C17H19N3O5S/c1-2-25-16-10-13(8-9-15(16)21)11-18-20-17(22)12-19-26(23,24)14-6-4-3-5-7-14/h3-11,19,21H,2,12H2,1H3,(H,20,22). The van der Waals surface area contributed by atoms with Crippen molar-refractivity contribution in [3.8, 4) is 11.5 Å². The van der Waals surface area contributed by atoms with Crippen LogP contribution in [-0.4, -0.2) is 38.8 Å². The van der Waals surface area contributed by atoms with Crippen LogP contribution in [0.25, 0.3) is 0 Å². The molecule has 3 N–H and O–H groups in total. The van der Waals surface area contributed by atoms with Gasteiger partial charge in [0, 0.05) is 0 Å². The van der Waals surface area contributed by atoms with Crippen LogP contribution in [0.5, 0.6) is 11.5 Å². The predicted molar refractivity (Wildman–Crippen MR) is 96.6 cm³/mol. The first kappa shape index (κ1) is 19.4. The van der Waals surface area contributed by atoms with Crippen molar-refractivity contribution in [2.24, 2.45) is 5.10 Å². The van der Waals surface area contributed by atoms with Crippen LogP contribution in [0.4, 0.5) is 0 Å². The van der Waals surface area contributed by atoms with Gasteiger partial charge in [-0.25, -0.2) is 18.6 Å². The number of ether oxygens (including phenoxy) is 1. The van der Waals surface area contributed by atoms with Gasteiger partial charge in [-0.2, -0.15) is 5.10 Å². The second-order valence-electron chi connectivity index (χ2n) is 5.09. The van der Waals surface area contributed by atoms with Gasteiger partial charge < -0.3 is 9.84 Å². The molecule has 9 heteroatoms. The van der Waals surface area contributed by atoms with E-state index >= 15 is 0 Å². The number of nitrogens with one attached hydrogen (secondary N) is 2. The minimum absolute atomic E-state index is 0.00311. The molecule has 26 heavy (non-hydrogen) atoms. The maximum absolute atomic E-state index is 12.0. The predicted octanol–water partition coefficient (Wildman–Crippen LogP) is 1.22. The van der Waals surface area contributed by atoms with E-state index in [0.717, 1.165) is 0 Å². The molecule has 2 aromatic rings. The van der Waals surface area contributed by atoms with Crippen molar-refractivity contribution in [1.82, 2.24) is 10.1 Å². The highest BCUT2D eigenvalue weighted by molar-refractivity contribution is 7.89. The molecule has 0 aliphatic carbocycles. The molecule has 2 rings (SSSR count). The molecule has 1 amide bonds. The van der Waals surface area contributed by atoms with Gasteiger partial charge in [0.1, 0.15) is 0 Å². The van der Waals surface area contributed by atoms with Crippen LogP contribution in [0.15, 0.2) is 58.5 Å². The zero-order chi connectivity index (χ0) is 19.0. The summed E-state index contributed by atoms with van der Waals surface area (Å²) in [7, 11) is -3.76. The molecule has 0 fully saturated rings. The molecular formula is C17H19N3O5S. The number of phenolic OH excluding ortho intramolecular Hbond substituents is 1. The lowest BCUT2D eigenvalue weighted by molar-refractivity contribution is -0.119. The van der Waals surface area contributed by atoms with Crippen molar-refractivity contribution >= 4 is 22.1 Å². The maximum Gasteiger partial charge on any atom is 0.255 e. The summed E-state index contributed by atoms with van der Waals surface area (Å²) in [5.74, 6) is -0.314. The van der Waals surface area contributed by atoms with Gasteiger partial charge in [0.05, 0.1) is 24.3 Å². The van der Waals surface area contributed by atoms with Crippen LogP contribution < -0.4 is 14.9 Å². The van der Waals surface area contributed by atoms with Gasteiger partial charge in [-0.15, -0.1) is 0 Å². The Kier molecular flexibility index (Phi) is 6.70. The molecule has 0 aliphatic rings. The Labute approximate surface area is 151 Å². The molecule has 0 spiro atoms. The number of sulfonamides is 1. The number of hydrogen-bond donors (Lipinski definition) is 3. The zero-order valence-electron chi connectivity index (χ0n) is 14.0.